The van der Waals surface area contributed by atoms with Crippen molar-refractivity contribution in [2.24, 2.45) is 0 Å². The van der Waals surface area contributed by atoms with Gasteiger partial charge in [-0.05, 0) is 43.3 Å². The van der Waals surface area contributed by atoms with Crippen molar-refractivity contribution in [1.29, 1.82) is 0 Å². The number of ketones is 1. The van der Waals surface area contributed by atoms with Crippen LogP contribution in [0.25, 0.3) is 16.9 Å². The van der Waals surface area contributed by atoms with Gasteiger partial charge in [0, 0.05) is 29.2 Å². The summed E-state index contributed by atoms with van der Waals surface area (Å²) in [5, 5.41) is 0. The lowest BCUT2D eigenvalue weighted by Crippen LogP contribution is -2.13. The third-order valence-corrected chi connectivity index (χ3v) is 5.74. The van der Waals surface area contributed by atoms with E-state index in [0.717, 1.165) is 16.9 Å². The van der Waals surface area contributed by atoms with Gasteiger partial charge in [-0.2, -0.15) is 0 Å². The minimum absolute atomic E-state index is 0.0932. The molecule has 0 bridgehead atoms. The lowest BCUT2D eigenvalue weighted by Gasteiger charge is -2.09. The molecule has 2 aromatic heterocycles. The van der Waals surface area contributed by atoms with E-state index in [4.69, 9.17) is 0 Å². The predicted molar refractivity (Wildman–Crippen MR) is 108 cm³/mol. The molecule has 0 aliphatic heterocycles. The third-order valence-electron chi connectivity index (χ3n) is 4.35. The first kappa shape index (κ1) is 17.9. The zero-order valence-corrected chi connectivity index (χ0v) is 15.8. The predicted octanol–water partition coefficient (Wildman–Crippen LogP) is 4.00. The highest BCUT2D eigenvalue weighted by Crippen LogP contribution is 2.24. The van der Waals surface area contributed by atoms with Gasteiger partial charge in [-0.25, -0.2) is 13.4 Å². The van der Waals surface area contributed by atoms with Gasteiger partial charge in [0.15, 0.2) is 5.78 Å². The molecule has 4 aromatic rings. The fraction of sp³-hybridized carbons (Fsp3) is 0.0476. The van der Waals surface area contributed by atoms with Gasteiger partial charge in [0.2, 0.25) is 0 Å². The fourth-order valence-electron chi connectivity index (χ4n) is 2.90. The van der Waals surface area contributed by atoms with Gasteiger partial charge in [-0.3, -0.25) is 9.52 Å². The minimum Gasteiger partial charge on any atom is -0.306 e. The number of nitrogens with one attached hydrogen (secondary N) is 1. The van der Waals surface area contributed by atoms with Crippen molar-refractivity contribution >= 4 is 27.1 Å². The molecule has 0 aliphatic carbocycles. The number of sulfonamides is 1. The summed E-state index contributed by atoms with van der Waals surface area (Å²) in [6, 6.07) is 18.7. The molecule has 4 rings (SSSR count). The van der Waals surface area contributed by atoms with Gasteiger partial charge in [-0.15, -0.1) is 0 Å². The molecule has 28 heavy (non-hydrogen) atoms. The highest BCUT2D eigenvalue weighted by molar-refractivity contribution is 7.92. The van der Waals surface area contributed by atoms with E-state index in [9.17, 15) is 13.2 Å². The molecule has 0 radical (unpaired) electrons. The number of benzene rings is 2. The van der Waals surface area contributed by atoms with Gasteiger partial charge in [0.1, 0.15) is 5.65 Å². The smallest absolute Gasteiger partial charge is 0.261 e. The van der Waals surface area contributed by atoms with E-state index < -0.39 is 10.0 Å². The van der Waals surface area contributed by atoms with Gasteiger partial charge in [0.05, 0.1) is 10.6 Å². The van der Waals surface area contributed by atoms with Gasteiger partial charge in [-0.1, -0.05) is 30.3 Å². The number of anilines is 1. The van der Waals surface area contributed by atoms with Crippen LogP contribution in [0, 0.1) is 0 Å². The SMILES string of the molecule is CC(=O)c1ccc(S(=O)(=O)Nc2cccc(-c3cn4ccccc4n3)c2)cc1. The Morgan fingerprint density at radius 2 is 1.79 bits per heavy atom. The number of aromatic nitrogens is 2. The Morgan fingerprint density at radius 3 is 2.50 bits per heavy atom. The Hall–Kier alpha value is -3.45. The Kier molecular flexibility index (Phi) is 4.44. The Balaban J connectivity index is 1.63. The van der Waals surface area contributed by atoms with E-state index in [1.807, 2.05) is 41.1 Å². The molecule has 140 valence electrons. The molecule has 0 aliphatic rings. The van der Waals surface area contributed by atoms with E-state index in [-0.39, 0.29) is 10.7 Å². The van der Waals surface area contributed by atoms with Crippen LogP contribution in [-0.2, 0) is 10.0 Å². The summed E-state index contributed by atoms with van der Waals surface area (Å²) in [6.07, 6.45) is 3.80. The average molecular weight is 391 g/mol. The van der Waals surface area contributed by atoms with E-state index in [0.29, 0.717) is 11.3 Å². The maximum atomic E-state index is 12.7. The second-order valence-electron chi connectivity index (χ2n) is 6.36. The summed E-state index contributed by atoms with van der Waals surface area (Å²) < 4.78 is 29.8. The quantitative estimate of drug-likeness (QED) is 0.521. The number of Topliss-reactive ketones (excluding diaryl/α,β-unsaturated/α-hetero) is 1. The largest absolute Gasteiger partial charge is 0.306 e. The van der Waals surface area contributed by atoms with E-state index >= 15 is 0 Å². The molecule has 0 spiro atoms. The molecule has 2 heterocycles. The molecule has 0 unspecified atom stereocenters. The van der Waals surface area contributed by atoms with Crippen LogP contribution in [-0.4, -0.2) is 23.6 Å². The molecule has 0 fully saturated rings. The van der Waals surface area contributed by atoms with Crippen LogP contribution >= 0.6 is 0 Å². The number of carbonyl (C=O) groups is 1. The van der Waals surface area contributed by atoms with Crippen LogP contribution in [0.2, 0.25) is 0 Å². The normalized spacial score (nSPS) is 11.5. The average Bonchev–Trinajstić information content (AvgIpc) is 3.12. The molecule has 6 nitrogen and oxygen atoms in total. The number of nitrogens with zero attached hydrogens (tertiary/aromatic N) is 2. The van der Waals surface area contributed by atoms with Crippen LogP contribution in [0.4, 0.5) is 5.69 Å². The number of rotatable bonds is 5. The van der Waals surface area contributed by atoms with Crippen LogP contribution in [0.3, 0.4) is 0 Å². The van der Waals surface area contributed by atoms with Crippen molar-refractivity contribution in [3.63, 3.8) is 0 Å². The van der Waals surface area contributed by atoms with Crippen LogP contribution in [0.5, 0.6) is 0 Å². The molecular formula is C21H17N3O3S. The van der Waals surface area contributed by atoms with E-state index in [2.05, 4.69) is 9.71 Å². The molecule has 0 saturated heterocycles. The second kappa shape index (κ2) is 6.94. The number of pyridine rings is 1. The Bertz CT molecular complexity index is 1240. The molecule has 0 atom stereocenters. The number of hydrogen-bond donors (Lipinski definition) is 1. The zero-order chi connectivity index (χ0) is 19.7. The first-order valence-corrected chi connectivity index (χ1v) is 10.1. The maximum Gasteiger partial charge on any atom is 0.261 e. The maximum absolute atomic E-state index is 12.7. The van der Waals surface area contributed by atoms with Crippen LogP contribution < -0.4 is 4.72 Å². The van der Waals surface area contributed by atoms with Gasteiger partial charge < -0.3 is 4.40 Å². The lowest BCUT2D eigenvalue weighted by molar-refractivity contribution is 0.101. The zero-order valence-electron chi connectivity index (χ0n) is 15.0. The molecule has 7 heteroatoms. The van der Waals surface area contributed by atoms with Crippen molar-refractivity contribution in [3.8, 4) is 11.3 Å². The summed E-state index contributed by atoms with van der Waals surface area (Å²) in [4.78, 5) is 16.0. The standard InChI is InChI=1S/C21H17N3O3S/c1-15(25)16-8-10-19(11-9-16)28(26,27)23-18-6-4-5-17(13-18)20-14-24-12-3-2-7-21(24)22-20/h2-14,23H,1H3. The summed E-state index contributed by atoms with van der Waals surface area (Å²) in [5.74, 6) is -0.114. The van der Waals surface area contributed by atoms with Crippen molar-refractivity contribution in [2.75, 3.05) is 4.72 Å². The summed E-state index contributed by atoms with van der Waals surface area (Å²) in [5.41, 5.74) is 3.26. The number of hydrogen-bond acceptors (Lipinski definition) is 4. The molecular weight excluding hydrogens is 374 g/mol. The number of imidazole rings is 1. The van der Waals surface area contributed by atoms with Gasteiger partial charge >= 0.3 is 0 Å². The van der Waals surface area contributed by atoms with E-state index in [1.54, 1.807) is 18.2 Å². The van der Waals surface area contributed by atoms with Crippen molar-refractivity contribution < 1.29 is 13.2 Å². The monoisotopic (exact) mass is 391 g/mol. The molecule has 1 N–H and O–H groups in total. The minimum atomic E-state index is -3.77. The fourth-order valence-corrected chi connectivity index (χ4v) is 3.95. The van der Waals surface area contributed by atoms with Crippen molar-refractivity contribution in [2.45, 2.75) is 11.8 Å². The summed E-state index contributed by atoms with van der Waals surface area (Å²) in [7, 11) is -3.77. The van der Waals surface area contributed by atoms with Crippen LogP contribution in [0.15, 0.2) is 84.0 Å². The first-order valence-electron chi connectivity index (χ1n) is 8.60. The summed E-state index contributed by atoms with van der Waals surface area (Å²) >= 11 is 0. The number of fused-ring (bicyclic) bond motifs is 1. The second-order valence-corrected chi connectivity index (χ2v) is 8.04. The topological polar surface area (TPSA) is 80.5 Å². The van der Waals surface area contributed by atoms with Crippen molar-refractivity contribution in [1.82, 2.24) is 9.38 Å². The number of carbonyl (C=O) groups excluding carboxylic acids is 1. The first-order chi connectivity index (χ1) is 13.4. The Morgan fingerprint density at radius 1 is 1.00 bits per heavy atom. The van der Waals surface area contributed by atoms with Crippen LogP contribution in [0.1, 0.15) is 17.3 Å². The highest BCUT2D eigenvalue weighted by Gasteiger charge is 2.15. The Labute approximate surface area is 162 Å². The van der Waals surface area contributed by atoms with E-state index in [1.165, 1.54) is 31.2 Å². The summed E-state index contributed by atoms with van der Waals surface area (Å²) in [6.45, 7) is 1.44. The lowest BCUT2D eigenvalue weighted by atomic mass is 10.1. The molecule has 0 amide bonds. The van der Waals surface area contributed by atoms with Gasteiger partial charge in [0.25, 0.3) is 10.0 Å². The molecule has 2 aromatic carbocycles. The third kappa shape index (κ3) is 3.52. The molecule has 0 saturated carbocycles. The highest BCUT2D eigenvalue weighted by atomic mass is 32.2. The van der Waals surface area contributed by atoms with Crippen molar-refractivity contribution in [3.05, 3.63) is 84.7 Å².